The van der Waals surface area contributed by atoms with Gasteiger partial charge < -0.3 is 28.6 Å². The van der Waals surface area contributed by atoms with Crippen LogP contribution in [0.1, 0.15) is 30.5 Å². The zero-order chi connectivity index (χ0) is 31.8. The zero-order valence-electron chi connectivity index (χ0n) is 24.8. The van der Waals surface area contributed by atoms with Crippen LogP contribution in [-0.2, 0) is 43.2 Å². The molecule has 0 N–H and O–H groups in total. The molecule has 232 valence electrons. The number of nitro benzene ring substituents is 1. The molecule has 1 fully saturated rings. The van der Waals surface area contributed by atoms with Crippen LogP contribution in [0.5, 0.6) is 11.5 Å². The van der Waals surface area contributed by atoms with Gasteiger partial charge in [-0.15, -0.1) is 0 Å². The fourth-order valence-electron chi connectivity index (χ4n) is 5.08. The first-order valence-electron chi connectivity index (χ1n) is 13.9. The molecule has 0 aliphatic carbocycles. The summed E-state index contributed by atoms with van der Waals surface area (Å²) in [6.07, 6.45) is -2.07. The molecule has 1 heterocycles. The van der Waals surface area contributed by atoms with Gasteiger partial charge in [0.1, 0.15) is 30.1 Å². The number of hydrogen-bond donors (Lipinski definition) is 0. The number of rotatable bonds is 13. The minimum atomic E-state index is -1.03. The fraction of sp³-hybridized carbons (Fsp3) is 0.344. The van der Waals surface area contributed by atoms with Crippen LogP contribution in [0.2, 0.25) is 0 Å². The molecular weight excluding hydrogens is 572 g/mol. The Bertz CT molecular complexity index is 1410. The highest BCUT2D eigenvalue weighted by atomic mass is 16.7. The Kier molecular flexibility index (Phi) is 10.4. The fourth-order valence-corrected chi connectivity index (χ4v) is 5.08. The van der Waals surface area contributed by atoms with Gasteiger partial charge in [0, 0.05) is 25.1 Å². The summed E-state index contributed by atoms with van der Waals surface area (Å²) in [5.74, 6) is -0.466. The Morgan fingerprint density at radius 3 is 1.82 bits per heavy atom. The third kappa shape index (κ3) is 7.82. The number of β-lactam (4-membered cyclic amide) rings is 1. The molecule has 0 unspecified atom stereocenters. The van der Waals surface area contributed by atoms with E-state index in [1.165, 1.54) is 43.0 Å². The molecule has 4 rings (SSSR count). The molecule has 1 aliphatic heterocycles. The lowest BCUT2D eigenvalue weighted by Gasteiger charge is -2.51. The summed E-state index contributed by atoms with van der Waals surface area (Å²) in [4.78, 5) is 50.1. The first kappa shape index (κ1) is 31.8. The molecule has 0 spiro atoms. The van der Waals surface area contributed by atoms with Gasteiger partial charge in [0.25, 0.3) is 5.69 Å². The molecule has 0 saturated carbocycles. The minimum Gasteiger partial charge on any atom is -0.497 e. The molecule has 3 aromatic rings. The molecule has 3 aromatic carbocycles. The van der Waals surface area contributed by atoms with Crippen LogP contribution in [0.25, 0.3) is 0 Å². The third-order valence-electron chi connectivity index (χ3n) is 7.35. The minimum absolute atomic E-state index is 0.0909. The summed E-state index contributed by atoms with van der Waals surface area (Å²) in [5, 5.41) is 10.8. The van der Waals surface area contributed by atoms with Crippen molar-refractivity contribution in [2.24, 2.45) is 5.92 Å². The van der Waals surface area contributed by atoms with Crippen LogP contribution in [0.15, 0.2) is 72.8 Å². The first-order valence-corrected chi connectivity index (χ1v) is 13.9. The molecule has 1 amide bonds. The van der Waals surface area contributed by atoms with Gasteiger partial charge in [0.15, 0.2) is 6.23 Å². The summed E-state index contributed by atoms with van der Waals surface area (Å²) >= 11 is 0. The smallest absolute Gasteiger partial charge is 0.497 e. The number of nitrogens with zero attached hydrogens (tertiary/aromatic N) is 2. The lowest BCUT2D eigenvalue weighted by molar-refractivity contribution is -0.384. The van der Waals surface area contributed by atoms with E-state index in [-0.39, 0.29) is 18.2 Å². The quantitative estimate of drug-likeness (QED) is 0.115. The zero-order valence-corrected chi connectivity index (χ0v) is 24.8. The van der Waals surface area contributed by atoms with E-state index in [4.69, 9.17) is 23.7 Å². The number of hydrogen-bond acceptors (Lipinski definition) is 10. The number of methoxy groups -OCH3 is 2. The molecule has 1 saturated heterocycles. The second-order valence-electron chi connectivity index (χ2n) is 10.3. The van der Waals surface area contributed by atoms with Crippen LogP contribution in [0.3, 0.4) is 0 Å². The van der Waals surface area contributed by atoms with Crippen molar-refractivity contribution in [3.05, 3.63) is 99.6 Å². The molecular formula is C32H34N2O10. The topological polar surface area (TPSA) is 144 Å². The van der Waals surface area contributed by atoms with E-state index < -0.39 is 41.3 Å². The molecule has 12 nitrogen and oxygen atoms in total. The second-order valence-corrected chi connectivity index (χ2v) is 10.3. The van der Waals surface area contributed by atoms with E-state index in [9.17, 15) is 24.5 Å². The highest BCUT2D eigenvalue weighted by Crippen LogP contribution is 2.36. The maximum atomic E-state index is 13.7. The largest absolute Gasteiger partial charge is 0.508 e. The first-order chi connectivity index (χ1) is 21.1. The van der Waals surface area contributed by atoms with Crippen LogP contribution in [0.4, 0.5) is 10.5 Å². The number of nitro groups is 1. The Balaban J connectivity index is 1.48. The van der Waals surface area contributed by atoms with E-state index in [1.54, 1.807) is 14.2 Å². The molecule has 44 heavy (non-hydrogen) atoms. The summed E-state index contributed by atoms with van der Waals surface area (Å²) < 4.78 is 26.7. The molecule has 1 aliphatic rings. The van der Waals surface area contributed by atoms with Crippen molar-refractivity contribution in [2.45, 2.75) is 51.7 Å². The van der Waals surface area contributed by atoms with Crippen LogP contribution in [0, 0.1) is 16.0 Å². The van der Waals surface area contributed by atoms with Gasteiger partial charge in [-0.05, 0) is 72.9 Å². The van der Waals surface area contributed by atoms with Crippen LogP contribution in [-0.4, -0.2) is 60.4 Å². The third-order valence-corrected chi connectivity index (χ3v) is 7.35. The predicted octanol–water partition coefficient (Wildman–Crippen LogP) is 4.86. The van der Waals surface area contributed by atoms with E-state index in [2.05, 4.69) is 0 Å². The number of carbonyl (C=O) groups excluding carboxylic acids is 3. The molecule has 0 radical (unpaired) electrons. The number of amides is 1. The summed E-state index contributed by atoms with van der Waals surface area (Å²) in [7, 11) is 3.16. The lowest BCUT2D eigenvalue weighted by atomic mass is 9.85. The standard InChI is InChI=1S/C32H34N2O10/c1-20(43-32(37)42-19-24-5-11-25(12-6-24)34(38)39)29-30(36)33(31(29)44-21(2)35)26(17-22-7-13-27(40-3)14-8-22)18-23-9-15-28(41-4)16-10-23/h5-16,20,26,29,31H,17-19H2,1-4H3/t20-,29+,31+/m1/s1. The van der Waals surface area contributed by atoms with Gasteiger partial charge >= 0.3 is 12.1 Å². The maximum absolute atomic E-state index is 13.7. The van der Waals surface area contributed by atoms with Gasteiger partial charge in [0.05, 0.1) is 19.1 Å². The average molecular weight is 607 g/mol. The number of benzene rings is 3. The highest BCUT2D eigenvalue weighted by Gasteiger charge is 2.56. The Hall–Kier alpha value is -5.13. The van der Waals surface area contributed by atoms with Crippen molar-refractivity contribution in [1.29, 1.82) is 0 Å². The average Bonchev–Trinajstić information content (AvgIpc) is 3.00. The van der Waals surface area contributed by atoms with Crippen molar-refractivity contribution in [1.82, 2.24) is 4.90 Å². The SMILES string of the molecule is COc1ccc(CC(Cc2ccc(OC)cc2)N2C(=O)[C@H]([C@@H](C)OC(=O)OCc3ccc([N+](=O)[O-])cc3)[C@@H]2OC(C)=O)cc1. The molecule has 3 atom stereocenters. The maximum Gasteiger partial charge on any atom is 0.508 e. The summed E-state index contributed by atoms with van der Waals surface area (Å²) in [6.45, 7) is 2.60. The number of non-ortho nitro benzene ring substituents is 1. The van der Waals surface area contributed by atoms with Crippen molar-refractivity contribution in [3.63, 3.8) is 0 Å². The Labute approximate surface area is 254 Å². The number of esters is 1. The number of likely N-dealkylation sites (tertiary alicyclic amines) is 1. The highest BCUT2D eigenvalue weighted by molar-refractivity contribution is 5.87. The van der Waals surface area contributed by atoms with E-state index in [0.717, 1.165) is 11.1 Å². The van der Waals surface area contributed by atoms with Gasteiger partial charge in [-0.25, -0.2) is 4.79 Å². The molecule has 0 aromatic heterocycles. The number of carbonyl (C=O) groups is 3. The van der Waals surface area contributed by atoms with Crippen LogP contribution < -0.4 is 9.47 Å². The predicted molar refractivity (Wildman–Crippen MR) is 157 cm³/mol. The molecule has 0 bridgehead atoms. The van der Waals surface area contributed by atoms with Crippen molar-refractivity contribution >= 4 is 23.7 Å². The van der Waals surface area contributed by atoms with Gasteiger partial charge in [-0.3, -0.25) is 19.7 Å². The second kappa shape index (κ2) is 14.4. The van der Waals surface area contributed by atoms with Crippen LogP contribution >= 0.6 is 0 Å². The van der Waals surface area contributed by atoms with E-state index in [0.29, 0.717) is 29.9 Å². The summed E-state index contributed by atoms with van der Waals surface area (Å²) in [5.41, 5.74) is 2.32. The Morgan fingerprint density at radius 1 is 0.864 bits per heavy atom. The van der Waals surface area contributed by atoms with Gasteiger partial charge in [0.2, 0.25) is 5.91 Å². The van der Waals surface area contributed by atoms with Crippen molar-refractivity contribution < 1.29 is 43.0 Å². The van der Waals surface area contributed by atoms with Crippen molar-refractivity contribution in [3.8, 4) is 11.5 Å². The summed E-state index contributed by atoms with van der Waals surface area (Å²) in [6, 6.07) is 20.1. The Morgan fingerprint density at radius 2 is 1.36 bits per heavy atom. The van der Waals surface area contributed by atoms with E-state index >= 15 is 0 Å². The van der Waals surface area contributed by atoms with E-state index in [1.807, 2.05) is 48.5 Å². The van der Waals surface area contributed by atoms with Crippen molar-refractivity contribution in [2.75, 3.05) is 14.2 Å². The molecule has 12 heteroatoms. The van der Waals surface area contributed by atoms with Gasteiger partial charge in [-0.1, -0.05) is 24.3 Å². The van der Waals surface area contributed by atoms with Gasteiger partial charge in [-0.2, -0.15) is 0 Å². The normalized spacial score (nSPS) is 16.5. The lowest BCUT2D eigenvalue weighted by Crippen LogP contribution is -2.69. The number of ether oxygens (including phenoxy) is 5. The monoisotopic (exact) mass is 606 g/mol.